The van der Waals surface area contributed by atoms with Gasteiger partial charge < -0.3 is 14.2 Å². The van der Waals surface area contributed by atoms with Crippen molar-refractivity contribution in [3.05, 3.63) is 35.9 Å². The van der Waals surface area contributed by atoms with Gasteiger partial charge in [0, 0.05) is 13.3 Å². The molecule has 1 aromatic rings. The summed E-state index contributed by atoms with van der Waals surface area (Å²) in [6.45, 7) is 4.99. The quantitative estimate of drug-likeness (QED) is 0.597. The van der Waals surface area contributed by atoms with Gasteiger partial charge in [0.05, 0.1) is 5.56 Å². The van der Waals surface area contributed by atoms with Crippen molar-refractivity contribution < 1.29 is 23.8 Å². The highest BCUT2D eigenvalue weighted by molar-refractivity contribution is 6.11. The highest BCUT2D eigenvalue weighted by Crippen LogP contribution is 2.45. The highest BCUT2D eigenvalue weighted by atomic mass is 16.7. The number of hydrogen-bond acceptors (Lipinski definition) is 5. The van der Waals surface area contributed by atoms with Crippen LogP contribution in [0.1, 0.15) is 22.8 Å². The van der Waals surface area contributed by atoms with Gasteiger partial charge in [0.15, 0.2) is 17.1 Å². The fourth-order valence-electron chi connectivity index (χ4n) is 2.53. The summed E-state index contributed by atoms with van der Waals surface area (Å²) in [7, 11) is 0. The van der Waals surface area contributed by atoms with Crippen molar-refractivity contribution in [3.63, 3.8) is 0 Å². The van der Waals surface area contributed by atoms with E-state index in [0.717, 1.165) is 5.56 Å². The first-order chi connectivity index (χ1) is 9.07. The van der Waals surface area contributed by atoms with Crippen molar-refractivity contribution in [3.8, 4) is 11.5 Å². The van der Waals surface area contributed by atoms with E-state index in [4.69, 9.17) is 14.2 Å². The summed E-state index contributed by atoms with van der Waals surface area (Å²) < 4.78 is 15.8. The Labute approximate surface area is 109 Å². The molecule has 1 heterocycles. The minimum absolute atomic E-state index is 0.0910. The topological polar surface area (TPSA) is 61.8 Å². The van der Waals surface area contributed by atoms with Crippen molar-refractivity contribution >= 4 is 11.8 Å². The molecule has 0 aromatic heterocycles. The average Bonchev–Trinajstić information content (AvgIpc) is 2.92. The van der Waals surface area contributed by atoms with E-state index in [1.54, 1.807) is 12.1 Å². The minimum atomic E-state index is -1.32. The molecule has 19 heavy (non-hydrogen) atoms. The minimum Gasteiger partial charge on any atom is -0.454 e. The predicted octanol–water partition coefficient (Wildman–Crippen LogP) is 1.64. The maximum Gasteiger partial charge on any atom is 0.303 e. The Balaban J connectivity index is 2.11. The van der Waals surface area contributed by atoms with Crippen LogP contribution < -0.4 is 9.47 Å². The molecule has 0 saturated carbocycles. The SMILES string of the molecule is C=CC1(OC(C)=O)Cc2ccc3c(c2C1=O)OCO3. The van der Waals surface area contributed by atoms with Gasteiger partial charge >= 0.3 is 5.97 Å². The summed E-state index contributed by atoms with van der Waals surface area (Å²) in [5, 5.41) is 0. The molecule has 1 aromatic carbocycles. The third-order valence-electron chi connectivity index (χ3n) is 3.35. The first kappa shape index (κ1) is 11.8. The molecule has 0 fully saturated rings. The van der Waals surface area contributed by atoms with E-state index in [2.05, 4.69) is 6.58 Å². The fraction of sp³-hybridized carbons (Fsp3) is 0.286. The normalized spacial score (nSPS) is 23.1. The van der Waals surface area contributed by atoms with Crippen LogP contribution in [0.4, 0.5) is 0 Å². The Hall–Kier alpha value is -2.30. The van der Waals surface area contributed by atoms with Gasteiger partial charge in [-0.15, -0.1) is 0 Å². The molecule has 0 N–H and O–H groups in total. The molecule has 5 nitrogen and oxygen atoms in total. The van der Waals surface area contributed by atoms with Gasteiger partial charge in [-0.05, 0) is 17.7 Å². The number of Topliss-reactive ketones (excluding diaryl/α,β-unsaturated/α-hetero) is 1. The van der Waals surface area contributed by atoms with Crippen LogP contribution in [0.15, 0.2) is 24.8 Å². The van der Waals surface area contributed by atoms with Crippen molar-refractivity contribution in [1.82, 2.24) is 0 Å². The number of ether oxygens (including phenoxy) is 3. The lowest BCUT2D eigenvalue weighted by Gasteiger charge is -2.22. The van der Waals surface area contributed by atoms with Gasteiger partial charge in [-0.1, -0.05) is 12.6 Å². The molecule has 0 bridgehead atoms. The zero-order chi connectivity index (χ0) is 13.6. The average molecular weight is 260 g/mol. The number of ketones is 1. The van der Waals surface area contributed by atoms with E-state index in [-0.39, 0.29) is 19.0 Å². The van der Waals surface area contributed by atoms with Crippen LogP contribution in [0, 0.1) is 0 Å². The lowest BCUT2D eigenvalue weighted by atomic mass is 9.99. The summed E-state index contributed by atoms with van der Waals surface area (Å²) >= 11 is 0. The number of carbonyl (C=O) groups is 2. The molecule has 0 saturated heterocycles. The molecule has 0 amide bonds. The molecular formula is C14H12O5. The van der Waals surface area contributed by atoms with Crippen molar-refractivity contribution in [2.24, 2.45) is 0 Å². The second-order valence-corrected chi connectivity index (χ2v) is 4.53. The number of benzene rings is 1. The van der Waals surface area contributed by atoms with Crippen molar-refractivity contribution in [2.75, 3.05) is 6.79 Å². The molecule has 0 radical (unpaired) electrons. The van der Waals surface area contributed by atoms with E-state index >= 15 is 0 Å². The molecule has 98 valence electrons. The number of hydrogen-bond donors (Lipinski definition) is 0. The molecule has 3 rings (SSSR count). The Kier molecular flexibility index (Phi) is 2.38. The molecule has 1 aliphatic carbocycles. The summed E-state index contributed by atoms with van der Waals surface area (Å²) in [5.74, 6) is 0.137. The number of fused-ring (bicyclic) bond motifs is 3. The van der Waals surface area contributed by atoms with Gasteiger partial charge in [0.2, 0.25) is 12.6 Å². The van der Waals surface area contributed by atoms with Crippen LogP contribution in [-0.2, 0) is 16.0 Å². The molecular weight excluding hydrogens is 248 g/mol. The fourth-order valence-corrected chi connectivity index (χ4v) is 2.53. The van der Waals surface area contributed by atoms with Crippen LogP contribution in [-0.4, -0.2) is 24.1 Å². The Morgan fingerprint density at radius 3 is 2.95 bits per heavy atom. The second kappa shape index (κ2) is 3.85. The maximum absolute atomic E-state index is 12.6. The zero-order valence-corrected chi connectivity index (χ0v) is 10.4. The molecule has 0 spiro atoms. The van der Waals surface area contributed by atoms with Crippen molar-refractivity contribution in [1.29, 1.82) is 0 Å². The number of rotatable bonds is 2. The third kappa shape index (κ3) is 1.54. The third-order valence-corrected chi connectivity index (χ3v) is 3.35. The standard InChI is InChI=1S/C14H12O5/c1-3-14(19-8(2)15)6-9-4-5-10-12(18-7-17-10)11(9)13(14)16/h3-5H,1,6-7H2,2H3. The molecule has 5 heteroatoms. The van der Waals surface area contributed by atoms with Crippen LogP contribution in [0.25, 0.3) is 0 Å². The van der Waals surface area contributed by atoms with E-state index < -0.39 is 11.6 Å². The van der Waals surface area contributed by atoms with E-state index in [9.17, 15) is 9.59 Å². The van der Waals surface area contributed by atoms with Crippen LogP contribution in [0.2, 0.25) is 0 Å². The van der Waals surface area contributed by atoms with Crippen LogP contribution in [0.3, 0.4) is 0 Å². The monoisotopic (exact) mass is 260 g/mol. The summed E-state index contributed by atoms with van der Waals surface area (Å²) in [5.41, 5.74) is -0.124. The summed E-state index contributed by atoms with van der Waals surface area (Å²) in [4.78, 5) is 23.8. The van der Waals surface area contributed by atoms with Gasteiger partial charge in [-0.2, -0.15) is 0 Å². The Bertz CT molecular complexity index is 604. The second-order valence-electron chi connectivity index (χ2n) is 4.53. The molecule has 1 atom stereocenters. The van der Waals surface area contributed by atoms with Crippen LogP contribution >= 0.6 is 0 Å². The summed E-state index contributed by atoms with van der Waals surface area (Å²) in [6, 6.07) is 3.54. The largest absolute Gasteiger partial charge is 0.454 e. The maximum atomic E-state index is 12.6. The molecule has 1 unspecified atom stereocenters. The predicted molar refractivity (Wildman–Crippen MR) is 65.3 cm³/mol. The number of carbonyl (C=O) groups excluding carboxylic acids is 2. The lowest BCUT2D eigenvalue weighted by Crippen LogP contribution is -2.38. The van der Waals surface area contributed by atoms with Crippen LogP contribution in [0.5, 0.6) is 11.5 Å². The number of esters is 1. The summed E-state index contributed by atoms with van der Waals surface area (Å²) in [6.07, 6.45) is 1.65. The van der Waals surface area contributed by atoms with Gasteiger partial charge in [0.1, 0.15) is 0 Å². The van der Waals surface area contributed by atoms with E-state index in [1.807, 2.05) is 0 Å². The zero-order valence-electron chi connectivity index (χ0n) is 10.4. The smallest absolute Gasteiger partial charge is 0.303 e. The van der Waals surface area contributed by atoms with Gasteiger partial charge in [-0.25, -0.2) is 0 Å². The first-order valence-corrected chi connectivity index (χ1v) is 5.87. The Morgan fingerprint density at radius 1 is 1.47 bits per heavy atom. The van der Waals surface area contributed by atoms with E-state index in [0.29, 0.717) is 17.1 Å². The Morgan fingerprint density at radius 2 is 2.26 bits per heavy atom. The van der Waals surface area contributed by atoms with Gasteiger partial charge in [-0.3, -0.25) is 9.59 Å². The van der Waals surface area contributed by atoms with Gasteiger partial charge in [0.25, 0.3) is 0 Å². The highest BCUT2D eigenvalue weighted by Gasteiger charge is 2.49. The molecule has 1 aliphatic heterocycles. The first-order valence-electron chi connectivity index (χ1n) is 5.87. The van der Waals surface area contributed by atoms with Crippen molar-refractivity contribution in [2.45, 2.75) is 18.9 Å². The van der Waals surface area contributed by atoms with E-state index in [1.165, 1.54) is 13.0 Å². The molecule has 2 aliphatic rings. The lowest BCUT2D eigenvalue weighted by molar-refractivity contribution is -0.148.